The van der Waals surface area contributed by atoms with Gasteiger partial charge in [0.25, 0.3) is 0 Å². The van der Waals surface area contributed by atoms with Crippen LogP contribution in [0.5, 0.6) is 5.75 Å². The van der Waals surface area contributed by atoms with Gasteiger partial charge in [-0.2, -0.15) is 0 Å². The van der Waals surface area contributed by atoms with E-state index >= 15 is 0 Å². The minimum absolute atomic E-state index is 0.0570. The van der Waals surface area contributed by atoms with E-state index in [0.717, 1.165) is 30.4 Å². The van der Waals surface area contributed by atoms with E-state index in [2.05, 4.69) is 6.92 Å². The molecule has 3 rings (SSSR count). The highest BCUT2D eigenvalue weighted by atomic mass is 19.1. The van der Waals surface area contributed by atoms with E-state index in [0.29, 0.717) is 22.1 Å². The molecular weight excluding hydrogens is 411 g/mol. The summed E-state index contributed by atoms with van der Waals surface area (Å²) in [6.07, 6.45) is 2.88. The molecule has 0 saturated carbocycles. The molecule has 6 heteroatoms. The van der Waals surface area contributed by atoms with Crippen molar-refractivity contribution >= 4 is 16.9 Å². The third kappa shape index (κ3) is 5.55. The summed E-state index contributed by atoms with van der Waals surface area (Å²) in [6, 6.07) is 10.0. The normalized spacial score (nSPS) is 12.1. The van der Waals surface area contributed by atoms with Crippen LogP contribution in [0.25, 0.3) is 11.0 Å². The van der Waals surface area contributed by atoms with Crippen LogP contribution in [0.3, 0.4) is 0 Å². The Morgan fingerprint density at radius 3 is 2.59 bits per heavy atom. The van der Waals surface area contributed by atoms with Gasteiger partial charge in [-0.3, -0.25) is 4.79 Å². The summed E-state index contributed by atoms with van der Waals surface area (Å²) < 4.78 is 23.5. The predicted molar refractivity (Wildman–Crippen MR) is 122 cm³/mol. The SMILES string of the molecule is CCOC(=O)CCc1c(C)c2c(O)cc(C(C)CCCc3ccc(F)cc3)cc2oc1=O. The molecule has 1 N–H and O–H groups in total. The van der Waals surface area contributed by atoms with E-state index in [1.54, 1.807) is 38.1 Å². The molecule has 32 heavy (non-hydrogen) atoms. The Morgan fingerprint density at radius 2 is 1.91 bits per heavy atom. The zero-order valence-electron chi connectivity index (χ0n) is 18.7. The highest BCUT2D eigenvalue weighted by Crippen LogP contribution is 2.34. The second-order valence-corrected chi connectivity index (χ2v) is 8.13. The monoisotopic (exact) mass is 440 g/mol. The zero-order chi connectivity index (χ0) is 23.3. The quantitative estimate of drug-likeness (QED) is 0.348. The molecule has 0 spiro atoms. The lowest BCUT2D eigenvalue weighted by atomic mass is 9.92. The molecule has 1 atom stereocenters. The number of phenolic OH excluding ortho intramolecular Hbond substituents is 1. The number of fused-ring (bicyclic) bond motifs is 1. The third-order valence-electron chi connectivity index (χ3n) is 5.85. The van der Waals surface area contributed by atoms with E-state index in [9.17, 15) is 19.1 Å². The van der Waals surface area contributed by atoms with E-state index in [1.165, 1.54) is 12.1 Å². The number of ether oxygens (including phenoxy) is 1. The predicted octanol–water partition coefficient (Wildman–Crippen LogP) is 5.57. The Bertz CT molecular complexity index is 1150. The fraction of sp³-hybridized carbons (Fsp3) is 0.385. The van der Waals surface area contributed by atoms with Crippen LogP contribution in [0.2, 0.25) is 0 Å². The van der Waals surface area contributed by atoms with Crippen LogP contribution in [-0.4, -0.2) is 17.7 Å². The van der Waals surface area contributed by atoms with Crippen molar-refractivity contribution in [2.24, 2.45) is 0 Å². The van der Waals surface area contributed by atoms with Gasteiger partial charge in [-0.25, -0.2) is 9.18 Å². The Kier molecular flexibility index (Phi) is 7.67. The number of hydrogen-bond donors (Lipinski definition) is 1. The molecule has 0 aliphatic heterocycles. The van der Waals surface area contributed by atoms with Gasteiger partial charge in [-0.05, 0) is 86.4 Å². The van der Waals surface area contributed by atoms with Crippen molar-refractivity contribution < 1.29 is 23.4 Å². The van der Waals surface area contributed by atoms with Gasteiger partial charge in [-0.1, -0.05) is 19.1 Å². The first-order chi connectivity index (χ1) is 15.3. The van der Waals surface area contributed by atoms with Gasteiger partial charge in [0.2, 0.25) is 0 Å². The highest BCUT2D eigenvalue weighted by Gasteiger charge is 2.18. The molecule has 1 unspecified atom stereocenters. The van der Waals surface area contributed by atoms with Crippen molar-refractivity contribution in [1.29, 1.82) is 0 Å². The number of hydrogen-bond acceptors (Lipinski definition) is 5. The first-order valence-electron chi connectivity index (χ1n) is 11.0. The second-order valence-electron chi connectivity index (χ2n) is 8.13. The minimum Gasteiger partial charge on any atom is -0.507 e. The van der Waals surface area contributed by atoms with E-state index in [4.69, 9.17) is 9.15 Å². The molecule has 3 aromatic rings. The molecule has 0 bridgehead atoms. The molecule has 0 fully saturated rings. The maximum Gasteiger partial charge on any atom is 0.339 e. The Balaban J connectivity index is 1.76. The summed E-state index contributed by atoms with van der Waals surface area (Å²) in [7, 11) is 0. The molecule has 0 amide bonds. The van der Waals surface area contributed by atoms with Crippen molar-refractivity contribution in [1.82, 2.24) is 0 Å². The van der Waals surface area contributed by atoms with Crippen molar-refractivity contribution in [2.75, 3.05) is 6.61 Å². The second kappa shape index (κ2) is 10.4. The van der Waals surface area contributed by atoms with Gasteiger partial charge in [0.1, 0.15) is 17.1 Å². The Morgan fingerprint density at radius 1 is 1.19 bits per heavy atom. The van der Waals surface area contributed by atoms with Crippen molar-refractivity contribution in [3.05, 3.63) is 74.9 Å². The van der Waals surface area contributed by atoms with Gasteiger partial charge in [-0.15, -0.1) is 0 Å². The molecular formula is C26H29FO5. The summed E-state index contributed by atoms with van der Waals surface area (Å²) in [5.74, 6) is -0.420. The zero-order valence-corrected chi connectivity index (χ0v) is 18.7. The number of rotatable bonds is 9. The maximum atomic E-state index is 13.0. The third-order valence-corrected chi connectivity index (χ3v) is 5.85. The average Bonchev–Trinajstić information content (AvgIpc) is 2.74. The summed E-state index contributed by atoms with van der Waals surface area (Å²) in [4.78, 5) is 24.2. The Labute approximate surface area is 186 Å². The summed E-state index contributed by atoms with van der Waals surface area (Å²) in [5.41, 5.74) is 2.80. The molecule has 0 radical (unpaired) electrons. The van der Waals surface area contributed by atoms with Crippen LogP contribution in [-0.2, 0) is 22.4 Å². The molecule has 1 aromatic heterocycles. The standard InChI is InChI=1S/C26H29FO5/c1-4-31-24(29)13-12-21-17(3)25-22(28)14-19(15-23(25)32-26(21)30)16(2)6-5-7-18-8-10-20(27)11-9-18/h8-11,14-16,28H,4-7,12-13H2,1-3H3. The van der Waals surface area contributed by atoms with Gasteiger partial charge in [0.05, 0.1) is 12.0 Å². The molecule has 170 valence electrons. The number of phenols is 1. The summed E-state index contributed by atoms with van der Waals surface area (Å²) in [5, 5.41) is 11.2. The van der Waals surface area contributed by atoms with Crippen molar-refractivity contribution in [2.45, 2.75) is 58.8 Å². The smallest absolute Gasteiger partial charge is 0.339 e. The maximum absolute atomic E-state index is 13.0. The number of aryl methyl sites for hydroxylation is 2. The number of esters is 1. The molecule has 0 aliphatic rings. The highest BCUT2D eigenvalue weighted by molar-refractivity contribution is 5.88. The molecule has 1 heterocycles. The van der Waals surface area contributed by atoms with Crippen LogP contribution in [0.4, 0.5) is 4.39 Å². The number of carbonyl (C=O) groups excluding carboxylic acids is 1. The van der Waals surface area contributed by atoms with Gasteiger partial charge in [0.15, 0.2) is 0 Å². The van der Waals surface area contributed by atoms with Gasteiger partial charge >= 0.3 is 11.6 Å². The van der Waals surface area contributed by atoms with Crippen LogP contribution in [0.1, 0.15) is 61.3 Å². The molecule has 0 aliphatic carbocycles. The van der Waals surface area contributed by atoms with E-state index in [-0.39, 0.29) is 42.9 Å². The average molecular weight is 441 g/mol. The van der Waals surface area contributed by atoms with Crippen LogP contribution >= 0.6 is 0 Å². The number of aromatic hydroxyl groups is 1. The van der Waals surface area contributed by atoms with Crippen LogP contribution < -0.4 is 5.63 Å². The fourth-order valence-corrected chi connectivity index (χ4v) is 4.01. The lowest BCUT2D eigenvalue weighted by Crippen LogP contribution is -2.14. The molecule has 5 nitrogen and oxygen atoms in total. The van der Waals surface area contributed by atoms with Crippen LogP contribution in [0, 0.1) is 12.7 Å². The van der Waals surface area contributed by atoms with Gasteiger partial charge in [0, 0.05) is 12.0 Å². The number of halogens is 1. The first kappa shape index (κ1) is 23.5. The lowest BCUT2D eigenvalue weighted by Gasteiger charge is -2.15. The summed E-state index contributed by atoms with van der Waals surface area (Å²) in [6.45, 7) is 5.83. The molecule has 0 saturated heterocycles. The molecule has 2 aromatic carbocycles. The fourth-order valence-electron chi connectivity index (χ4n) is 4.01. The lowest BCUT2D eigenvalue weighted by molar-refractivity contribution is -0.143. The topological polar surface area (TPSA) is 76.7 Å². The van der Waals surface area contributed by atoms with Crippen molar-refractivity contribution in [3.63, 3.8) is 0 Å². The van der Waals surface area contributed by atoms with Crippen LogP contribution in [0.15, 0.2) is 45.6 Å². The van der Waals surface area contributed by atoms with Crippen molar-refractivity contribution in [3.8, 4) is 5.75 Å². The van der Waals surface area contributed by atoms with Gasteiger partial charge < -0.3 is 14.3 Å². The minimum atomic E-state index is -0.500. The number of benzene rings is 2. The number of carbonyl (C=O) groups is 1. The van der Waals surface area contributed by atoms with E-state index in [1.807, 2.05) is 0 Å². The largest absolute Gasteiger partial charge is 0.507 e. The Hall–Kier alpha value is -3.15. The summed E-state index contributed by atoms with van der Waals surface area (Å²) >= 11 is 0. The van der Waals surface area contributed by atoms with E-state index < -0.39 is 5.63 Å². The first-order valence-corrected chi connectivity index (χ1v) is 11.0.